The third-order valence-electron chi connectivity index (χ3n) is 4.18. The number of benzene rings is 2. The van der Waals surface area contributed by atoms with Gasteiger partial charge in [-0.15, -0.1) is 0 Å². The highest BCUT2D eigenvalue weighted by atomic mass is 32.2. The van der Waals surface area contributed by atoms with Crippen LogP contribution < -0.4 is 9.62 Å². The van der Waals surface area contributed by atoms with E-state index in [4.69, 9.17) is 0 Å². The van der Waals surface area contributed by atoms with Gasteiger partial charge in [-0.1, -0.05) is 30.3 Å². The van der Waals surface area contributed by atoms with Crippen molar-refractivity contribution < 1.29 is 8.42 Å². The largest absolute Gasteiger partial charge is 0.372 e. The predicted octanol–water partition coefficient (Wildman–Crippen LogP) is 3.16. The van der Waals surface area contributed by atoms with Crippen molar-refractivity contribution in [3.63, 3.8) is 0 Å². The summed E-state index contributed by atoms with van der Waals surface area (Å²) in [5, 5.41) is 0. The maximum Gasteiger partial charge on any atom is 0.240 e. The lowest BCUT2D eigenvalue weighted by molar-refractivity contribution is 0.577. The summed E-state index contributed by atoms with van der Waals surface area (Å²) in [5.74, 6) is 0. The van der Waals surface area contributed by atoms with Gasteiger partial charge >= 0.3 is 0 Å². The predicted molar refractivity (Wildman–Crippen MR) is 93.0 cm³/mol. The summed E-state index contributed by atoms with van der Waals surface area (Å²) in [5.41, 5.74) is 2.18. The summed E-state index contributed by atoms with van der Waals surface area (Å²) >= 11 is 0. The summed E-state index contributed by atoms with van der Waals surface area (Å²) in [7, 11) is -3.45. The molecule has 23 heavy (non-hydrogen) atoms. The molecule has 0 atom stereocenters. The quantitative estimate of drug-likeness (QED) is 0.916. The summed E-state index contributed by atoms with van der Waals surface area (Å²) in [6.07, 6.45) is 3.81. The van der Waals surface area contributed by atoms with Crippen LogP contribution in [0.1, 0.15) is 24.8 Å². The third kappa shape index (κ3) is 4.12. The Morgan fingerprint density at radius 3 is 2.17 bits per heavy atom. The number of hydrogen-bond acceptors (Lipinski definition) is 3. The van der Waals surface area contributed by atoms with Gasteiger partial charge in [-0.25, -0.2) is 13.1 Å². The number of piperidine rings is 1. The first-order chi connectivity index (χ1) is 11.1. The zero-order valence-electron chi connectivity index (χ0n) is 13.1. The van der Waals surface area contributed by atoms with Gasteiger partial charge in [-0.2, -0.15) is 0 Å². The molecule has 0 spiro atoms. The molecule has 0 amide bonds. The molecular formula is C18H22N2O2S. The number of rotatable bonds is 5. The van der Waals surface area contributed by atoms with E-state index in [1.54, 1.807) is 30.3 Å². The Kier molecular flexibility index (Phi) is 4.98. The maximum absolute atomic E-state index is 12.2. The highest BCUT2D eigenvalue weighted by Crippen LogP contribution is 2.20. The van der Waals surface area contributed by atoms with Crippen molar-refractivity contribution in [2.24, 2.45) is 0 Å². The van der Waals surface area contributed by atoms with Gasteiger partial charge in [0.2, 0.25) is 10.0 Å². The van der Waals surface area contributed by atoms with Gasteiger partial charge in [-0.3, -0.25) is 0 Å². The number of nitrogens with one attached hydrogen (secondary N) is 1. The molecule has 1 N–H and O–H groups in total. The maximum atomic E-state index is 12.2. The van der Waals surface area contributed by atoms with Crippen molar-refractivity contribution in [3.8, 4) is 0 Å². The van der Waals surface area contributed by atoms with E-state index in [0.717, 1.165) is 18.7 Å². The average molecular weight is 330 g/mol. The fourth-order valence-electron chi connectivity index (χ4n) is 2.84. The first kappa shape index (κ1) is 16.0. The van der Waals surface area contributed by atoms with Crippen LogP contribution >= 0.6 is 0 Å². The van der Waals surface area contributed by atoms with Crippen molar-refractivity contribution in [3.05, 3.63) is 60.2 Å². The molecule has 1 aliphatic rings. The molecule has 1 heterocycles. The summed E-state index contributed by atoms with van der Waals surface area (Å²) < 4.78 is 27.1. The van der Waals surface area contributed by atoms with Gasteiger partial charge in [0.15, 0.2) is 0 Å². The molecule has 2 aromatic carbocycles. The molecule has 5 heteroatoms. The SMILES string of the molecule is O=S(=O)(NCc1ccc(N2CCCCC2)cc1)c1ccccc1. The van der Waals surface area contributed by atoms with Crippen LogP contribution in [0.5, 0.6) is 0 Å². The number of sulfonamides is 1. The fourth-order valence-corrected chi connectivity index (χ4v) is 3.88. The molecule has 0 saturated carbocycles. The summed E-state index contributed by atoms with van der Waals surface area (Å²) in [4.78, 5) is 2.69. The Labute approximate surface area is 138 Å². The van der Waals surface area contributed by atoms with Crippen LogP contribution in [0.2, 0.25) is 0 Å². The van der Waals surface area contributed by atoms with Gasteiger partial charge in [0.05, 0.1) is 4.90 Å². The van der Waals surface area contributed by atoms with E-state index in [2.05, 4.69) is 21.8 Å². The molecule has 0 radical (unpaired) electrons. The van der Waals surface area contributed by atoms with Crippen LogP contribution in [-0.4, -0.2) is 21.5 Å². The molecular weight excluding hydrogens is 308 g/mol. The minimum absolute atomic E-state index is 0.296. The first-order valence-corrected chi connectivity index (χ1v) is 9.52. The van der Waals surface area contributed by atoms with Crippen molar-refractivity contribution in [2.45, 2.75) is 30.7 Å². The first-order valence-electron chi connectivity index (χ1n) is 8.04. The second kappa shape index (κ2) is 7.15. The van der Waals surface area contributed by atoms with Gasteiger partial charge in [0, 0.05) is 25.3 Å². The minimum atomic E-state index is -3.45. The van der Waals surface area contributed by atoms with E-state index in [1.165, 1.54) is 24.9 Å². The van der Waals surface area contributed by atoms with Crippen LogP contribution in [0.4, 0.5) is 5.69 Å². The van der Waals surface area contributed by atoms with Crippen molar-refractivity contribution in [2.75, 3.05) is 18.0 Å². The fraction of sp³-hybridized carbons (Fsp3) is 0.333. The lowest BCUT2D eigenvalue weighted by Gasteiger charge is -2.28. The van der Waals surface area contributed by atoms with E-state index in [-0.39, 0.29) is 0 Å². The van der Waals surface area contributed by atoms with E-state index < -0.39 is 10.0 Å². The van der Waals surface area contributed by atoms with Crippen LogP contribution in [0.25, 0.3) is 0 Å². The van der Waals surface area contributed by atoms with Gasteiger partial charge in [0.25, 0.3) is 0 Å². The molecule has 0 aromatic heterocycles. The van der Waals surface area contributed by atoms with Gasteiger partial charge < -0.3 is 4.90 Å². The molecule has 4 nitrogen and oxygen atoms in total. The van der Waals surface area contributed by atoms with Crippen molar-refractivity contribution >= 4 is 15.7 Å². The normalized spacial score (nSPS) is 15.6. The zero-order valence-corrected chi connectivity index (χ0v) is 13.9. The molecule has 0 unspecified atom stereocenters. The Morgan fingerprint density at radius 2 is 1.52 bits per heavy atom. The third-order valence-corrected chi connectivity index (χ3v) is 5.59. The monoisotopic (exact) mass is 330 g/mol. The van der Waals surface area contributed by atoms with Crippen LogP contribution in [0, 0.1) is 0 Å². The lowest BCUT2D eigenvalue weighted by atomic mass is 10.1. The minimum Gasteiger partial charge on any atom is -0.372 e. The van der Waals surface area contributed by atoms with E-state index in [1.807, 2.05) is 12.1 Å². The molecule has 0 aliphatic carbocycles. The topological polar surface area (TPSA) is 49.4 Å². The number of nitrogens with zero attached hydrogens (tertiary/aromatic N) is 1. The van der Waals surface area contributed by atoms with Crippen LogP contribution in [0.3, 0.4) is 0 Å². The van der Waals surface area contributed by atoms with Gasteiger partial charge in [0.1, 0.15) is 0 Å². The van der Waals surface area contributed by atoms with Crippen LogP contribution in [-0.2, 0) is 16.6 Å². The number of hydrogen-bond donors (Lipinski definition) is 1. The van der Waals surface area contributed by atoms with Crippen molar-refractivity contribution in [1.82, 2.24) is 4.72 Å². The Morgan fingerprint density at radius 1 is 0.870 bits per heavy atom. The van der Waals surface area contributed by atoms with E-state index in [9.17, 15) is 8.42 Å². The Balaban J connectivity index is 1.62. The number of anilines is 1. The summed E-state index contributed by atoms with van der Waals surface area (Å²) in [6, 6.07) is 16.6. The molecule has 1 fully saturated rings. The Bertz CT molecular complexity index is 721. The van der Waals surface area contributed by atoms with Crippen molar-refractivity contribution in [1.29, 1.82) is 0 Å². The smallest absolute Gasteiger partial charge is 0.240 e. The van der Waals surface area contributed by atoms with Gasteiger partial charge in [-0.05, 0) is 49.1 Å². The van der Waals surface area contributed by atoms with E-state index in [0.29, 0.717) is 11.4 Å². The van der Waals surface area contributed by atoms with E-state index >= 15 is 0 Å². The molecule has 3 rings (SSSR count). The Hall–Kier alpha value is -1.85. The molecule has 1 saturated heterocycles. The zero-order chi connectivity index (χ0) is 16.1. The average Bonchev–Trinajstić information content (AvgIpc) is 2.62. The molecule has 2 aromatic rings. The standard InChI is InChI=1S/C18H22N2O2S/c21-23(22,18-7-3-1-4-8-18)19-15-16-9-11-17(12-10-16)20-13-5-2-6-14-20/h1,3-4,7-12,19H,2,5-6,13-15H2. The second-order valence-electron chi connectivity index (χ2n) is 5.85. The lowest BCUT2D eigenvalue weighted by Crippen LogP contribution is -2.29. The second-order valence-corrected chi connectivity index (χ2v) is 7.62. The summed E-state index contributed by atoms with van der Waals surface area (Å²) in [6.45, 7) is 2.53. The van der Waals surface area contributed by atoms with Crippen LogP contribution in [0.15, 0.2) is 59.5 Å². The molecule has 0 bridgehead atoms. The molecule has 1 aliphatic heterocycles. The highest BCUT2D eigenvalue weighted by molar-refractivity contribution is 7.89. The highest BCUT2D eigenvalue weighted by Gasteiger charge is 2.13. The molecule has 122 valence electrons.